The van der Waals surface area contributed by atoms with Crippen LogP contribution in [-0.4, -0.2) is 33.2 Å². The number of rotatable bonds is 11. The molecule has 0 amide bonds. The third kappa shape index (κ3) is 7.55. The first-order valence-electron chi connectivity index (χ1n) is 8.76. The minimum absolute atomic E-state index is 0.178. The summed E-state index contributed by atoms with van der Waals surface area (Å²) in [6.07, 6.45) is -1.17. The standard InChI is InChI=1S/C20H23O7P/c21-19(22)11-8-17(20(23)24)14-28(25,26)13-16-6-9-18(10-7-16)27-12-15-4-2-1-3-5-15/h1-7,9-10,17H,8,11-14H2,(H,21,22)(H,23,24)(H,25,26). The van der Waals surface area contributed by atoms with Gasteiger partial charge in [-0.25, -0.2) is 0 Å². The Labute approximate surface area is 163 Å². The Hall–Kier alpha value is -2.63. The predicted molar refractivity (Wildman–Crippen MR) is 104 cm³/mol. The molecule has 2 atom stereocenters. The summed E-state index contributed by atoms with van der Waals surface area (Å²) < 4.78 is 18.1. The van der Waals surface area contributed by atoms with Gasteiger partial charge in [-0.05, 0) is 29.7 Å². The van der Waals surface area contributed by atoms with E-state index in [1.807, 2.05) is 30.3 Å². The van der Waals surface area contributed by atoms with Gasteiger partial charge in [0.15, 0.2) is 0 Å². The Kier molecular flexibility index (Phi) is 7.79. The van der Waals surface area contributed by atoms with Crippen molar-refractivity contribution in [1.29, 1.82) is 0 Å². The highest BCUT2D eigenvalue weighted by Gasteiger charge is 2.29. The van der Waals surface area contributed by atoms with E-state index in [2.05, 4.69) is 0 Å². The number of aliphatic carboxylic acids is 2. The number of carbonyl (C=O) groups is 2. The van der Waals surface area contributed by atoms with Crippen LogP contribution in [-0.2, 0) is 26.9 Å². The molecule has 0 radical (unpaired) electrons. The van der Waals surface area contributed by atoms with E-state index in [0.29, 0.717) is 17.9 Å². The molecule has 2 aromatic rings. The van der Waals surface area contributed by atoms with Crippen LogP contribution in [0.4, 0.5) is 0 Å². The molecule has 2 unspecified atom stereocenters. The van der Waals surface area contributed by atoms with E-state index in [9.17, 15) is 19.0 Å². The van der Waals surface area contributed by atoms with Gasteiger partial charge in [0.05, 0.1) is 5.92 Å². The largest absolute Gasteiger partial charge is 0.489 e. The Bertz CT molecular complexity index is 833. The van der Waals surface area contributed by atoms with Gasteiger partial charge in [-0.2, -0.15) is 0 Å². The van der Waals surface area contributed by atoms with Crippen LogP contribution >= 0.6 is 7.37 Å². The lowest BCUT2D eigenvalue weighted by atomic mass is 10.1. The Morgan fingerprint density at radius 1 is 0.964 bits per heavy atom. The summed E-state index contributed by atoms with van der Waals surface area (Å²) in [7, 11) is -3.78. The maximum absolute atomic E-state index is 12.5. The van der Waals surface area contributed by atoms with Gasteiger partial charge in [0.2, 0.25) is 7.37 Å². The summed E-state index contributed by atoms with van der Waals surface area (Å²) in [5, 5.41) is 17.8. The second-order valence-electron chi connectivity index (χ2n) is 6.57. The monoisotopic (exact) mass is 406 g/mol. The minimum atomic E-state index is -3.78. The molecule has 0 saturated heterocycles. The summed E-state index contributed by atoms with van der Waals surface area (Å²) in [5.74, 6) is -2.95. The van der Waals surface area contributed by atoms with E-state index in [-0.39, 0.29) is 19.0 Å². The molecule has 28 heavy (non-hydrogen) atoms. The molecule has 150 valence electrons. The fraction of sp³-hybridized carbons (Fsp3) is 0.300. The van der Waals surface area contributed by atoms with Crippen LogP contribution in [0.2, 0.25) is 0 Å². The predicted octanol–water partition coefficient (Wildman–Crippen LogP) is 3.60. The summed E-state index contributed by atoms with van der Waals surface area (Å²) in [6.45, 7) is 0.405. The molecule has 0 spiro atoms. The van der Waals surface area contributed by atoms with E-state index >= 15 is 0 Å². The molecule has 0 aromatic heterocycles. The highest BCUT2D eigenvalue weighted by molar-refractivity contribution is 7.57. The minimum Gasteiger partial charge on any atom is -0.489 e. The normalized spacial score (nSPS) is 14.0. The van der Waals surface area contributed by atoms with Crippen molar-refractivity contribution in [3.8, 4) is 5.75 Å². The van der Waals surface area contributed by atoms with Crippen LogP contribution in [0.15, 0.2) is 54.6 Å². The third-order valence-corrected chi connectivity index (χ3v) is 6.03. The highest BCUT2D eigenvalue weighted by Crippen LogP contribution is 2.47. The van der Waals surface area contributed by atoms with Crippen molar-refractivity contribution < 1.29 is 34.0 Å². The van der Waals surface area contributed by atoms with Crippen molar-refractivity contribution in [1.82, 2.24) is 0 Å². The molecule has 0 bridgehead atoms. The van der Waals surface area contributed by atoms with Crippen molar-refractivity contribution in [2.75, 3.05) is 6.16 Å². The second-order valence-corrected chi connectivity index (χ2v) is 8.95. The van der Waals surface area contributed by atoms with Gasteiger partial charge in [-0.1, -0.05) is 42.5 Å². The SMILES string of the molecule is O=C(O)CCC(CP(=O)(O)Cc1ccc(OCc2ccccc2)cc1)C(=O)O. The topological polar surface area (TPSA) is 121 Å². The van der Waals surface area contributed by atoms with Gasteiger partial charge in [0, 0.05) is 18.7 Å². The molecule has 0 aliphatic carbocycles. The zero-order valence-corrected chi connectivity index (χ0v) is 16.1. The number of carboxylic acid groups (broad SMARTS) is 2. The molecule has 0 saturated carbocycles. The van der Waals surface area contributed by atoms with Gasteiger partial charge in [-0.15, -0.1) is 0 Å². The summed E-state index contributed by atoms with van der Waals surface area (Å²) >= 11 is 0. The van der Waals surface area contributed by atoms with Gasteiger partial charge in [0.1, 0.15) is 12.4 Å². The van der Waals surface area contributed by atoms with Crippen molar-refractivity contribution in [3.63, 3.8) is 0 Å². The van der Waals surface area contributed by atoms with Crippen molar-refractivity contribution in [2.24, 2.45) is 5.92 Å². The quantitative estimate of drug-likeness (QED) is 0.488. The molecule has 2 aromatic carbocycles. The van der Waals surface area contributed by atoms with Crippen LogP contribution in [0, 0.1) is 5.92 Å². The zero-order valence-electron chi connectivity index (χ0n) is 15.2. The molecule has 2 rings (SSSR count). The van der Waals surface area contributed by atoms with Crippen molar-refractivity contribution in [3.05, 3.63) is 65.7 Å². The van der Waals surface area contributed by atoms with Crippen molar-refractivity contribution in [2.45, 2.75) is 25.6 Å². The summed E-state index contributed by atoms with van der Waals surface area (Å²) in [4.78, 5) is 32.0. The smallest absolute Gasteiger partial charge is 0.307 e. The molecular weight excluding hydrogens is 383 g/mol. The number of carboxylic acids is 2. The van der Waals surface area contributed by atoms with Crippen LogP contribution in [0.25, 0.3) is 0 Å². The van der Waals surface area contributed by atoms with Gasteiger partial charge in [0.25, 0.3) is 0 Å². The lowest BCUT2D eigenvalue weighted by Crippen LogP contribution is -2.19. The third-order valence-electron chi connectivity index (χ3n) is 4.16. The van der Waals surface area contributed by atoms with Crippen LogP contribution in [0.3, 0.4) is 0 Å². The first-order valence-corrected chi connectivity index (χ1v) is 10.8. The summed E-state index contributed by atoms with van der Waals surface area (Å²) in [5.41, 5.74) is 1.60. The molecule has 0 aliphatic heterocycles. The fourth-order valence-electron chi connectivity index (χ4n) is 2.72. The first-order chi connectivity index (χ1) is 13.2. The molecule has 3 N–H and O–H groups in total. The molecular formula is C20H23O7P. The van der Waals surface area contributed by atoms with Crippen LogP contribution in [0.5, 0.6) is 5.75 Å². The number of hydrogen-bond donors (Lipinski definition) is 3. The molecule has 8 heteroatoms. The Morgan fingerprint density at radius 3 is 2.18 bits per heavy atom. The molecule has 0 heterocycles. The molecule has 0 aliphatic rings. The first kappa shape index (κ1) is 21.7. The van der Waals surface area contributed by atoms with Gasteiger partial charge >= 0.3 is 11.9 Å². The lowest BCUT2D eigenvalue weighted by molar-refractivity contribution is -0.142. The van der Waals surface area contributed by atoms with E-state index in [4.69, 9.17) is 14.9 Å². The maximum atomic E-state index is 12.5. The van der Waals surface area contributed by atoms with E-state index in [1.54, 1.807) is 24.3 Å². The van der Waals surface area contributed by atoms with E-state index in [1.165, 1.54) is 0 Å². The number of ether oxygens (including phenoxy) is 1. The Balaban J connectivity index is 1.92. The Morgan fingerprint density at radius 2 is 1.61 bits per heavy atom. The fourth-order valence-corrected chi connectivity index (χ4v) is 4.65. The van der Waals surface area contributed by atoms with Gasteiger partial charge in [-0.3, -0.25) is 14.2 Å². The number of hydrogen-bond acceptors (Lipinski definition) is 4. The maximum Gasteiger partial charge on any atom is 0.307 e. The highest BCUT2D eigenvalue weighted by atomic mass is 31.2. The molecule has 7 nitrogen and oxygen atoms in total. The van der Waals surface area contributed by atoms with Gasteiger partial charge < -0.3 is 19.8 Å². The van der Waals surface area contributed by atoms with Crippen LogP contribution < -0.4 is 4.74 Å². The number of benzene rings is 2. The molecule has 0 fully saturated rings. The lowest BCUT2D eigenvalue weighted by Gasteiger charge is -2.17. The average Bonchev–Trinajstić information content (AvgIpc) is 2.65. The summed E-state index contributed by atoms with van der Waals surface area (Å²) in [6, 6.07) is 16.4. The zero-order chi connectivity index (χ0) is 20.6. The van der Waals surface area contributed by atoms with E-state index in [0.717, 1.165) is 5.56 Å². The van der Waals surface area contributed by atoms with Crippen LogP contribution in [0.1, 0.15) is 24.0 Å². The van der Waals surface area contributed by atoms with Crippen molar-refractivity contribution >= 4 is 19.3 Å². The van der Waals surface area contributed by atoms with E-state index < -0.39 is 31.4 Å². The average molecular weight is 406 g/mol. The second kappa shape index (κ2) is 10.1.